The molecule has 0 amide bonds. The van der Waals surface area contributed by atoms with Gasteiger partial charge in [0.2, 0.25) is 0 Å². The van der Waals surface area contributed by atoms with E-state index in [1.807, 2.05) is 30.3 Å². The molecule has 7 nitrogen and oxygen atoms in total. The minimum atomic E-state index is -0.322. The van der Waals surface area contributed by atoms with Gasteiger partial charge in [0.05, 0.1) is 39.0 Å². The van der Waals surface area contributed by atoms with Crippen LogP contribution in [0.2, 0.25) is 0 Å². The summed E-state index contributed by atoms with van der Waals surface area (Å²) in [6.07, 6.45) is 1.78. The van der Waals surface area contributed by atoms with E-state index in [0.717, 1.165) is 48.9 Å². The largest absolute Gasteiger partial charge is 0.494 e. The van der Waals surface area contributed by atoms with Crippen molar-refractivity contribution in [3.05, 3.63) is 83.4 Å². The van der Waals surface area contributed by atoms with Crippen LogP contribution in [0.3, 0.4) is 0 Å². The molecule has 3 aromatic carbocycles. The Balaban J connectivity index is 1.40. The molecule has 37 heavy (non-hydrogen) atoms. The lowest BCUT2D eigenvalue weighted by Gasteiger charge is -2.37. The van der Waals surface area contributed by atoms with E-state index >= 15 is 0 Å². The molecule has 0 aliphatic carbocycles. The van der Waals surface area contributed by atoms with Crippen LogP contribution in [0.4, 0.5) is 0 Å². The molecule has 0 saturated heterocycles. The van der Waals surface area contributed by atoms with Crippen LogP contribution in [0.1, 0.15) is 40.9 Å². The number of ether oxygens (including phenoxy) is 5. The summed E-state index contributed by atoms with van der Waals surface area (Å²) >= 11 is 0. The highest BCUT2D eigenvalue weighted by molar-refractivity contribution is 5.89. The van der Waals surface area contributed by atoms with Gasteiger partial charge in [-0.3, -0.25) is 4.90 Å². The van der Waals surface area contributed by atoms with Gasteiger partial charge in [0.25, 0.3) is 0 Å². The van der Waals surface area contributed by atoms with Gasteiger partial charge in [-0.15, -0.1) is 0 Å². The minimum Gasteiger partial charge on any atom is -0.494 e. The number of hydrogen-bond donors (Lipinski definition) is 0. The Hall–Kier alpha value is -3.71. The monoisotopic (exact) mass is 505 g/mol. The maximum absolute atomic E-state index is 11.8. The number of hydrogen-bond acceptors (Lipinski definition) is 7. The number of methoxy groups -OCH3 is 2. The second kappa shape index (κ2) is 13.0. The Bertz CT molecular complexity index is 1150. The van der Waals surface area contributed by atoms with Crippen LogP contribution in [0.25, 0.3) is 0 Å². The molecule has 1 aliphatic heterocycles. The van der Waals surface area contributed by atoms with Crippen molar-refractivity contribution in [2.24, 2.45) is 0 Å². The third kappa shape index (κ3) is 6.74. The molecule has 3 aromatic rings. The Morgan fingerprint density at radius 2 is 1.62 bits per heavy atom. The summed E-state index contributed by atoms with van der Waals surface area (Å²) in [7, 11) is 3.33. The number of carbonyl (C=O) groups excluding carboxylic acids is 1. The molecule has 4 rings (SSSR count). The molecule has 1 unspecified atom stereocenters. The number of esters is 1. The van der Waals surface area contributed by atoms with E-state index in [-0.39, 0.29) is 12.0 Å². The van der Waals surface area contributed by atoms with Crippen LogP contribution in [-0.4, -0.2) is 58.0 Å². The van der Waals surface area contributed by atoms with Crippen LogP contribution in [0.15, 0.2) is 66.7 Å². The van der Waals surface area contributed by atoms with Crippen molar-refractivity contribution in [2.45, 2.75) is 25.8 Å². The van der Waals surface area contributed by atoms with Crippen molar-refractivity contribution >= 4 is 5.97 Å². The first-order chi connectivity index (χ1) is 18.1. The van der Waals surface area contributed by atoms with E-state index in [2.05, 4.69) is 17.0 Å². The molecule has 196 valence electrons. The fourth-order valence-electron chi connectivity index (χ4n) is 4.59. The average Bonchev–Trinajstić information content (AvgIpc) is 2.94. The summed E-state index contributed by atoms with van der Waals surface area (Å²) in [6.45, 7) is 5.03. The molecule has 0 saturated carbocycles. The van der Waals surface area contributed by atoms with Crippen LogP contribution >= 0.6 is 0 Å². The first kappa shape index (κ1) is 26.4. The predicted molar refractivity (Wildman–Crippen MR) is 142 cm³/mol. The number of benzene rings is 3. The van der Waals surface area contributed by atoms with Gasteiger partial charge in [-0.25, -0.2) is 4.79 Å². The maximum Gasteiger partial charge on any atom is 0.338 e. The van der Waals surface area contributed by atoms with Gasteiger partial charge in [-0.05, 0) is 79.4 Å². The average molecular weight is 506 g/mol. The summed E-state index contributed by atoms with van der Waals surface area (Å²) in [6, 6.07) is 21.2. The molecular formula is C30H35NO6. The fourth-order valence-corrected chi connectivity index (χ4v) is 4.59. The molecule has 0 bridgehead atoms. The molecule has 1 atom stereocenters. The van der Waals surface area contributed by atoms with Crippen molar-refractivity contribution in [2.75, 3.05) is 47.1 Å². The minimum absolute atomic E-state index is 0.0765. The number of rotatable bonds is 12. The summed E-state index contributed by atoms with van der Waals surface area (Å²) in [4.78, 5) is 14.3. The smallest absolute Gasteiger partial charge is 0.338 e. The topological polar surface area (TPSA) is 66.5 Å². The summed E-state index contributed by atoms with van der Waals surface area (Å²) in [5, 5.41) is 0. The summed E-state index contributed by atoms with van der Waals surface area (Å²) in [5.41, 5.74) is 2.98. The molecule has 1 heterocycles. The SMILES string of the molecule is CCOC(=O)c1ccc(OCCCN2CCc3cc(OC)c(OC)cc3C2COc2ccccc2)cc1. The molecular weight excluding hydrogens is 470 g/mol. The predicted octanol–water partition coefficient (Wildman–Crippen LogP) is 5.33. The van der Waals surface area contributed by atoms with Gasteiger partial charge < -0.3 is 23.7 Å². The number of para-hydroxylation sites is 1. The molecule has 0 fully saturated rings. The quantitative estimate of drug-likeness (QED) is 0.244. The summed E-state index contributed by atoms with van der Waals surface area (Å²) < 4.78 is 28.3. The van der Waals surface area contributed by atoms with Gasteiger partial charge in [-0.1, -0.05) is 18.2 Å². The Kier molecular flexibility index (Phi) is 9.27. The van der Waals surface area contributed by atoms with Crippen molar-refractivity contribution in [1.82, 2.24) is 4.90 Å². The zero-order chi connectivity index (χ0) is 26.0. The van der Waals surface area contributed by atoms with Crippen LogP contribution in [0, 0.1) is 0 Å². The van der Waals surface area contributed by atoms with Crippen LogP contribution in [-0.2, 0) is 11.2 Å². The van der Waals surface area contributed by atoms with Crippen LogP contribution < -0.4 is 18.9 Å². The van der Waals surface area contributed by atoms with E-state index in [4.69, 9.17) is 23.7 Å². The van der Waals surface area contributed by atoms with Crippen molar-refractivity contribution in [3.8, 4) is 23.0 Å². The number of fused-ring (bicyclic) bond motifs is 1. The third-order valence-electron chi connectivity index (χ3n) is 6.49. The van der Waals surface area contributed by atoms with Gasteiger partial charge in [0, 0.05) is 13.1 Å². The Morgan fingerprint density at radius 3 is 2.32 bits per heavy atom. The standard InChI is InChI=1S/C30H35NO6/c1-4-35-30(32)22-11-13-25(14-12-22)36-18-8-16-31-17-15-23-19-28(33-2)29(34-3)20-26(23)27(31)21-37-24-9-6-5-7-10-24/h5-7,9-14,19-20,27H,4,8,15-18,21H2,1-3H3. The van der Waals surface area contributed by atoms with Gasteiger partial charge >= 0.3 is 5.97 Å². The number of carbonyl (C=O) groups is 1. The zero-order valence-electron chi connectivity index (χ0n) is 21.8. The van der Waals surface area contributed by atoms with E-state index < -0.39 is 0 Å². The van der Waals surface area contributed by atoms with Gasteiger partial charge in [-0.2, -0.15) is 0 Å². The van der Waals surface area contributed by atoms with Crippen molar-refractivity contribution < 1.29 is 28.5 Å². The number of nitrogens with zero attached hydrogens (tertiary/aromatic N) is 1. The first-order valence-electron chi connectivity index (χ1n) is 12.7. The van der Waals surface area contributed by atoms with Crippen molar-refractivity contribution in [3.63, 3.8) is 0 Å². The highest BCUT2D eigenvalue weighted by Crippen LogP contribution is 2.38. The van der Waals surface area contributed by atoms with Gasteiger partial charge in [0.1, 0.15) is 18.1 Å². The zero-order valence-corrected chi connectivity index (χ0v) is 21.8. The van der Waals surface area contributed by atoms with E-state index in [9.17, 15) is 4.79 Å². The molecule has 7 heteroatoms. The van der Waals surface area contributed by atoms with E-state index in [0.29, 0.717) is 25.4 Å². The molecule has 0 spiro atoms. The highest BCUT2D eigenvalue weighted by atomic mass is 16.5. The molecule has 0 N–H and O–H groups in total. The van der Waals surface area contributed by atoms with Gasteiger partial charge in [0.15, 0.2) is 11.5 Å². The Labute approximate surface area is 218 Å². The van der Waals surface area contributed by atoms with Crippen LogP contribution in [0.5, 0.6) is 23.0 Å². The van der Waals surface area contributed by atoms with E-state index in [1.54, 1.807) is 45.4 Å². The second-order valence-electron chi connectivity index (χ2n) is 8.78. The fraction of sp³-hybridized carbons (Fsp3) is 0.367. The molecule has 0 radical (unpaired) electrons. The lowest BCUT2D eigenvalue weighted by atomic mass is 9.92. The van der Waals surface area contributed by atoms with E-state index in [1.165, 1.54) is 11.1 Å². The molecule has 1 aliphatic rings. The van der Waals surface area contributed by atoms with Crippen molar-refractivity contribution in [1.29, 1.82) is 0 Å². The third-order valence-corrected chi connectivity index (χ3v) is 6.49. The second-order valence-corrected chi connectivity index (χ2v) is 8.78. The lowest BCUT2D eigenvalue weighted by molar-refractivity contribution is 0.0526. The maximum atomic E-state index is 11.8. The normalized spacial score (nSPS) is 14.9. The summed E-state index contributed by atoms with van der Waals surface area (Å²) in [5.74, 6) is 2.74. The highest BCUT2D eigenvalue weighted by Gasteiger charge is 2.29. The lowest BCUT2D eigenvalue weighted by Crippen LogP contribution is -2.39. The molecule has 0 aromatic heterocycles. The Morgan fingerprint density at radius 1 is 0.919 bits per heavy atom. The first-order valence-corrected chi connectivity index (χ1v) is 12.7.